The molecule has 114 valence electrons. The van der Waals surface area contributed by atoms with E-state index in [2.05, 4.69) is 19.2 Å². The molecule has 0 aliphatic rings. The number of benzene rings is 1. The van der Waals surface area contributed by atoms with E-state index < -0.39 is 6.10 Å². The van der Waals surface area contributed by atoms with Gasteiger partial charge >= 0.3 is 0 Å². The highest BCUT2D eigenvalue weighted by molar-refractivity contribution is 5.43. The van der Waals surface area contributed by atoms with Crippen molar-refractivity contribution in [1.29, 1.82) is 0 Å². The van der Waals surface area contributed by atoms with Crippen molar-refractivity contribution in [3.8, 4) is 11.5 Å². The Morgan fingerprint density at radius 2 is 1.95 bits per heavy atom. The highest BCUT2D eigenvalue weighted by Crippen LogP contribution is 2.28. The summed E-state index contributed by atoms with van der Waals surface area (Å²) in [4.78, 5) is 0. The molecule has 3 N–H and O–H groups in total. The van der Waals surface area contributed by atoms with Crippen molar-refractivity contribution in [3.05, 3.63) is 23.8 Å². The molecular weight excluding hydrogens is 258 g/mol. The van der Waals surface area contributed by atoms with Crippen molar-refractivity contribution >= 4 is 0 Å². The van der Waals surface area contributed by atoms with Crippen molar-refractivity contribution in [1.82, 2.24) is 5.32 Å². The van der Waals surface area contributed by atoms with Crippen molar-refractivity contribution in [2.75, 3.05) is 19.8 Å². The van der Waals surface area contributed by atoms with Gasteiger partial charge in [-0.1, -0.05) is 19.9 Å². The number of hydrogen-bond acceptors (Lipinski definition) is 5. The minimum absolute atomic E-state index is 0.0418. The van der Waals surface area contributed by atoms with Crippen LogP contribution in [0.2, 0.25) is 0 Å². The quantitative estimate of drug-likeness (QED) is 0.637. The Morgan fingerprint density at radius 3 is 2.55 bits per heavy atom. The standard InChI is InChI=1S/C15H25NO4/c1-4-19-15-7-12(8-16-11(2)3)5-6-14(15)20-10-13(18)9-17/h5-7,11,13,16-18H,4,8-10H2,1-3H3. The zero-order valence-electron chi connectivity index (χ0n) is 12.4. The Hall–Kier alpha value is -1.30. The second kappa shape index (κ2) is 8.79. The summed E-state index contributed by atoms with van der Waals surface area (Å²) in [6, 6.07) is 6.13. The Kier molecular flexibility index (Phi) is 7.36. The van der Waals surface area contributed by atoms with Crippen LogP contribution in [-0.4, -0.2) is 42.2 Å². The molecule has 0 radical (unpaired) electrons. The summed E-state index contributed by atoms with van der Waals surface area (Å²) in [6.07, 6.45) is -0.883. The fourth-order valence-electron chi connectivity index (χ4n) is 1.61. The number of hydrogen-bond donors (Lipinski definition) is 3. The maximum atomic E-state index is 9.31. The summed E-state index contributed by atoms with van der Waals surface area (Å²) in [7, 11) is 0. The predicted octanol–water partition coefficient (Wildman–Crippen LogP) is 1.32. The van der Waals surface area contributed by atoms with Crippen LogP contribution in [-0.2, 0) is 6.54 Å². The van der Waals surface area contributed by atoms with Gasteiger partial charge in [0, 0.05) is 12.6 Å². The minimum Gasteiger partial charge on any atom is -0.490 e. The molecule has 0 aliphatic carbocycles. The zero-order chi connectivity index (χ0) is 15.0. The van der Waals surface area contributed by atoms with Crippen LogP contribution in [0.25, 0.3) is 0 Å². The molecule has 0 saturated carbocycles. The number of nitrogens with one attached hydrogen (secondary N) is 1. The fourth-order valence-corrected chi connectivity index (χ4v) is 1.61. The molecule has 1 aromatic rings. The van der Waals surface area contributed by atoms with E-state index in [0.717, 1.165) is 12.1 Å². The molecule has 0 aliphatic heterocycles. The van der Waals surface area contributed by atoms with Crippen LogP contribution in [0.3, 0.4) is 0 Å². The minimum atomic E-state index is -0.883. The lowest BCUT2D eigenvalue weighted by molar-refractivity contribution is 0.0525. The van der Waals surface area contributed by atoms with Gasteiger partial charge in [0.15, 0.2) is 11.5 Å². The molecule has 20 heavy (non-hydrogen) atoms. The maximum Gasteiger partial charge on any atom is 0.161 e. The molecule has 5 heteroatoms. The van der Waals surface area contributed by atoms with Crippen molar-refractivity contribution in [3.63, 3.8) is 0 Å². The van der Waals surface area contributed by atoms with E-state index in [4.69, 9.17) is 14.6 Å². The average Bonchev–Trinajstić information content (AvgIpc) is 2.44. The molecule has 1 aromatic carbocycles. The van der Waals surface area contributed by atoms with E-state index in [0.29, 0.717) is 24.1 Å². The molecular formula is C15H25NO4. The van der Waals surface area contributed by atoms with Crippen LogP contribution >= 0.6 is 0 Å². The Bertz CT molecular complexity index is 395. The van der Waals surface area contributed by atoms with Crippen molar-refractivity contribution in [2.45, 2.75) is 39.5 Å². The van der Waals surface area contributed by atoms with Gasteiger partial charge in [0.05, 0.1) is 13.2 Å². The molecule has 1 unspecified atom stereocenters. The van der Waals surface area contributed by atoms with Gasteiger partial charge in [-0.3, -0.25) is 0 Å². The van der Waals surface area contributed by atoms with Gasteiger partial charge in [-0.25, -0.2) is 0 Å². The Labute approximate surface area is 120 Å². The average molecular weight is 283 g/mol. The van der Waals surface area contributed by atoms with Crippen LogP contribution in [0.4, 0.5) is 0 Å². The van der Waals surface area contributed by atoms with E-state index in [9.17, 15) is 5.11 Å². The summed E-state index contributed by atoms with van der Waals surface area (Å²) in [5.74, 6) is 1.23. The summed E-state index contributed by atoms with van der Waals surface area (Å²) < 4.78 is 11.0. The molecule has 5 nitrogen and oxygen atoms in total. The first kappa shape index (κ1) is 16.8. The summed E-state index contributed by atoms with van der Waals surface area (Å²) >= 11 is 0. The SMILES string of the molecule is CCOc1cc(CNC(C)C)ccc1OCC(O)CO. The monoisotopic (exact) mass is 283 g/mol. The summed E-state index contributed by atoms with van der Waals surface area (Å²) in [6.45, 7) is 7.12. The summed E-state index contributed by atoms with van der Waals surface area (Å²) in [5.41, 5.74) is 1.11. The molecule has 1 atom stereocenters. The number of rotatable bonds is 9. The van der Waals surface area contributed by atoms with E-state index in [1.54, 1.807) is 0 Å². The molecule has 0 bridgehead atoms. The lowest BCUT2D eigenvalue weighted by Crippen LogP contribution is -2.22. The number of aliphatic hydroxyl groups excluding tert-OH is 2. The topological polar surface area (TPSA) is 71.0 Å². The third-order valence-electron chi connectivity index (χ3n) is 2.66. The highest BCUT2D eigenvalue weighted by atomic mass is 16.5. The van der Waals surface area contributed by atoms with Gasteiger partial charge in [0.25, 0.3) is 0 Å². The predicted molar refractivity (Wildman–Crippen MR) is 78.2 cm³/mol. The van der Waals surface area contributed by atoms with E-state index >= 15 is 0 Å². The number of aliphatic hydroxyl groups is 2. The van der Waals surface area contributed by atoms with Gasteiger partial charge in [-0.05, 0) is 24.6 Å². The molecule has 0 fully saturated rings. The van der Waals surface area contributed by atoms with Gasteiger partial charge in [-0.15, -0.1) is 0 Å². The zero-order valence-corrected chi connectivity index (χ0v) is 12.4. The van der Waals surface area contributed by atoms with Crippen LogP contribution < -0.4 is 14.8 Å². The molecule has 0 saturated heterocycles. The lowest BCUT2D eigenvalue weighted by Gasteiger charge is -2.15. The molecule has 0 aromatic heterocycles. The maximum absolute atomic E-state index is 9.31. The van der Waals surface area contributed by atoms with Crippen LogP contribution in [0, 0.1) is 0 Å². The third kappa shape index (κ3) is 5.77. The first-order valence-corrected chi connectivity index (χ1v) is 6.97. The molecule has 1 rings (SSSR count). The van der Waals surface area contributed by atoms with E-state index in [1.165, 1.54) is 0 Å². The summed E-state index contributed by atoms with van der Waals surface area (Å²) in [5, 5.41) is 21.4. The lowest BCUT2D eigenvalue weighted by atomic mass is 10.2. The molecule has 0 spiro atoms. The van der Waals surface area contributed by atoms with E-state index in [1.807, 2.05) is 25.1 Å². The Balaban J connectivity index is 2.73. The van der Waals surface area contributed by atoms with Crippen LogP contribution in [0.5, 0.6) is 11.5 Å². The number of ether oxygens (including phenoxy) is 2. The van der Waals surface area contributed by atoms with E-state index in [-0.39, 0.29) is 13.2 Å². The van der Waals surface area contributed by atoms with Crippen LogP contribution in [0.1, 0.15) is 26.3 Å². The van der Waals surface area contributed by atoms with Crippen LogP contribution in [0.15, 0.2) is 18.2 Å². The smallest absolute Gasteiger partial charge is 0.161 e. The molecule has 0 amide bonds. The second-order valence-electron chi connectivity index (χ2n) is 4.90. The van der Waals surface area contributed by atoms with Gasteiger partial charge < -0.3 is 25.0 Å². The fraction of sp³-hybridized carbons (Fsp3) is 0.600. The molecule has 0 heterocycles. The first-order valence-electron chi connectivity index (χ1n) is 6.97. The van der Waals surface area contributed by atoms with Gasteiger partial charge in [0.2, 0.25) is 0 Å². The van der Waals surface area contributed by atoms with Crippen molar-refractivity contribution < 1.29 is 19.7 Å². The van der Waals surface area contributed by atoms with Gasteiger partial charge in [0.1, 0.15) is 12.7 Å². The Morgan fingerprint density at radius 1 is 1.20 bits per heavy atom. The van der Waals surface area contributed by atoms with Crippen molar-refractivity contribution in [2.24, 2.45) is 0 Å². The first-order chi connectivity index (χ1) is 9.56. The highest BCUT2D eigenvalue weighted by Gasteiger charge is 2.09. The normalized spacial score (nSPS) is 12.5. The van der Waals surface area contributed by atoms with Gasteiger partial charge in [-0.2, -0.15) is 0 Å². The largest absolute Gasteiger partial charge is 0.490 e. The third-order valence-corrected chi connectivity index (χ3v) is 2.66. The second-order valence-corrected chi connectivity index (χ2v) is 4.90.